The van der Waals surface area contributed by atoms with E-state index in [1.54, 1.807) is 20.2 Å². The van der Waals surface area contributed by atoms with Crippen molar-refractivity contribution in [1.29, 1.82) is 0 Å². The average molecular weight is 363 g/mol. The lowest BCUT2D eigenvalue weighted by atomic mass is 9.93. The standard InChI is InChI=1S/C22H25N3O2/c1-15(11-20-13-21(26)25(2)22(23)24-20)17-7-9-18(10-8-17)19-6-4-5-16(12-19)14-27-3/h4-10,12-13,15H,11,14H2,1-3H3,(H2,23,24). The predicted octanol–water partition coefficient (Wildman–Crippen LogP) is 3.52. The Balaban J connectivity index is 1.77. The Bertz CT molecular complexity index is 978. The van der Waals surface area contributed by atoms with Crippen LogP contribution in [0.25, 0.3) is 11.1 Å². The second kappa shape index (κ2) is 8.18. The molecule has 2 aromatic carbocycles. The zero-order valence-corrected chi connectivity index (χ0v) is 16.0. The third kappa shape index (κ3) is 4.44. The molecule has 0 amide bonds. The van der Waals surface area contributed by atoms with Crippen LogP contribution in [-0.4, -0.2) is 16.7 Å². The zero-order chi connectivity index (χ0) is 19.4. The molecule has 0 aliphatic carbocycles. The molecule has 5 heteroatoms. The van der Waals surface area contributed by atoms with Crippen LogP contribution in [0.1, 0.15) is 29.7 Å². The lowest BCUT2D eigenvalue weighted by molar-refractivity contribution is 0.185. The van der Waals surface area contributed by atoms with Crippen LogP contribution in [-0.2, 0) is 24.8 Å². The van der Waals surface area contributed by atoms with Crippen molar-refractivity contribution in [2.75, 3.05) is 12.8 Å². The van der Waals surface area contributed by atoms with E-state index in [0.717, 1.165) is 11.3 Å². The van der Waals surface area contributed by atoms with Gasteiger partial charge in [0.25, 0.3) is 5.56 Å². The van der Waals surface area contributed by atoms with Gasteiger partial charge in [-0.25, -0.2) is 4.98 Å². The van der Waals surface area contributed by atoms with Crippen LogP contribution in [0.2, 0.25) is 0 Å². The smallest absolute Gasteiger partial charge is 0.254 e. The highest BCUT2D eigenvalue weighted by atomic mass is 16.5. The summed E-state index contributed by atoms with van der Waals surface area (Å²) in [5, 5.41) is 0. The van der Waals surface area contributed by atoms with Gasteiger partial charge in [0.1, 0.15) is 0 Å². The van der Waals surface area contributed by atoms with Crippen molar-refractivity contribution in [2.45, 2.75) is 25.9 Å². The van der Waals surface area contributed by atoms with Crippen molar-refractivity contribution in [3.8, 4) is 11.1 Å². The van der Waals surface area contributed by atoms with Gasteiger partial charge in [0, 0.05) is 20.2 Å². The highest BCUT2D eigenvalue weighted by molar-refractivity contribution is 5.64. The molecule has 140 valence electrons. The average Bonchev–Trinajstić information content (AvgIpc) is 2.66. The van der Waals surface area contributed by atoms with Crippen molar-refractivity contribution in [1.82, 2.24) is 9.55 Å². The molecule has 1 atom stereocenters. The summed E-state index contributed by atoms with van der Waals surface area (Å²) in [5.74, 6) is 0.480. The Morgan fingerprint density at radius 3 is 2.52 bits per heavy atom. The quantitative estimate of drug-likeness (QED) is 0.727. The number of hydrogen-bond acceptors (Lipinski definition) is 4. The number of rotatable bonds is 6. The number of hydrogen-bond donors (Lipinski definition) is 1. The van der Waals surface area contributed by atoms with Gasteiger partial charge in [-0.2, -0.15) is 0 Å². The maximum Gasteiger partial charge on any atom is 0.254 e. The molecule has 0 saturated carbocycles. The van der Waals surface area contributed by atoms with E-state index in [2.05, 4.69) is 54.4 Å². The lowest BCUT2D eigenvalue weighted by Crippen LogP contribution is -2.22. The van der Waals surface area contributed by atoms with E-state index < -0.39 is 0 Å². The van der Waals surface area contributed by atoms with Gasteiger partial charge in [0.05, 0.1) is 12.3 Å². The van der Waals surface area contributed by atoms with Gasteiger partial charge in [0.2, 0.25) is 5.95 Å². The topological polar surface area (TPSA) is 70.1 Å². The van der Waals surface area contributed by atoms with E-state index in [4.69, 9.17) is 10.5 Å². The molecule has 0 spiro atoms. The first kappa shape index (κ1) is 18.9. The molecule has 3 aromatic rings. The molecular weight excluding hydrogens is 338 g/mol. The summed E-state index contributed by atoms with van der Waals surface area (Å²) in [6.45, 7) is 2.74. The van der Waals surface area contributed by atoms with E-state index >= 15 is 0 Å². The first-order valence-corrected chi connectivity index (χ1v) is 8.98. The third-order valence-corrected chi connectivity index (χ3v) is 4.79. The normalized spacial score (nSPS) is 12.1. The number of anilines is 1. The molecule has 0 aliphatic heterocycles. The fraction of sp³-hybridized carbons (Fsp3) is 0.273. The zero-order valence-electron chi connectivity index (χ0n) is 16.0. The minimum Gasteiger partial charge on any atom is -0.380 e. The summed E-state index contributed by atoms with van der Waals surface area (Å²) in [4.78, 5) is 16.2. The van der Waals surface area contributed by atoms with Crippen LogP contribution in [0, 0.1) is 0 Å². The number of ether oxygens (including phenoxy) is 1. The van der Waals surface area contributed by atoms with E-state index in [0.29, 0.717) is 13.0 Å². The van der Waals surface area contributed by atoms with Gasteiger partial charge in [-0.1, -0.05) is 49.4 Å². The van der Waals surface area contributed by atoms with E-state index in [1.807, 2.05) is 6.07 Å². The predicted molar refractivity (Wildman–Crippen MR) is 109 cm³/mol. The molecule has 0 bridgehead atoms. The van der Waals surface area contributed by atoms with Crippen molar-refractivity contribution in [3.63, 3.8) is 0 Å². The number of nitrogens with zero attached hydrogens (tertiary/aromatic N) is 2. The van der Waals surface area contributed by atoms with Gasteiger partial charge < -0.3 is 10.5 Å². The Labute approximate surface area is 159 Å². The highest BCUT2D eigenvalue weighted by Gasteiger charge is 2.11. The van der Waals surface area contributed by atoms with Crippen molar-refractivity contribution >= 4 is 5.95 Å². The van der Waals surface area contributed by atoms with Crippen LogP contribution in [0.3, 0.4) is 0 Å². The molecule has 1 unspecified atom stereocenters. The molecule has 0 aliphatic rings. The Morgan fingerprint density at radius 1 is 1.11 bits per heavy atom. The Kier molecular flexibility index (Phi) is 5.72. The van der Waals surface area contributed by atoms with Crippen LogP contribution in [0.15, 0.2) is 59.4 Å². The minimum absolute atomic E-state index is 0.129. The van der Waals surface area contributed by atoms with Crippen LogP contribution < -0.4 is 11.3 Å². The number of nitrogen functional groups attached to an aromatic ring is 1. The summed E-state index contributed by atoms with van der Waals surface area (Å²) >= 11 is 0. The fourth-order valence-corrected chi connectivity index (χ4v) is 3.15. The van der Waals surface area contributed by atoms with Gasteiger partial charge in [0.15, 0.2) is 0 Å². The van der Waals surface area contributed by atoms with Crippen molar-refractivity contribution in [2.24, 2.45) is 7.05 Å². The largest absolute Gasteiger partial charge is 0.380 e. The molecule has 5 nitrogen and oxygen atoms in total. The molecule has 0 fully saturated rings. The minimum atomic E-state index is -0.129. The molecule has 2 N–H and O–H groups in total. The Hall–Kier alpha value is -2.92. The van der Waals surface area contributed by atoms with Crippen LogP contribution >= 0.6 is 0 Å². The summed E-state index contributed by atoms with van der Waals surface area (Å²) < 4.78 is 6.56. The summed E-state index contributed by atoms with van der Waals surface area (Å²) in [6.07, 6.45) is 0.670. The number of aromatic nitrogens is 2. The van der Waals surface area contributed by atoms with E-state index in [9.17, 15) is 4.79 Å². The lowest BCUT2D eigenvalue weighted by Gasteiger charge is -2.13. The second-order valence-electron chi connectivity index (χ2n) is 6.86. The number of methoxy groups -OCH3 is 1. The van der Waals surface area contributed by atoms with Crippen LogP contribution in [0.4, 0.5) is 5.95 Å². The van der Waals surface area contributed by atoms with Gasteiger partial charge >= 0.3 is 0 Å². The maximum atomic E-state index is 11.9. The first-order valence-electron chi connectivity index (χ1n) is 8.98. The molecule has 0 saturated heterocycles. The SMILES string of the molecule is COCc1cccc(-c2ccc(C(C)Cc3cc(=O)n(C)c(N)n3)cc2)c1. The third-order valence-electron chi connectivity index (χ3n) is 4.79. The maximum absolute atomic E-state index is 11.9. The summed E-state index contributed by atoms with van der Waals surface area (Å²) in [5.41, 5.74) is 11.1. The highest BCUT2D eigenvalue weighted by Crippen LogP contribution is 2.25. The molecule has 27 heavy (non-hydrogen) atoms. The molecule has 1 heterocycles. The van der Waals surface area contributed by atoms with Crippen LogP contribution in [0.5, 0.6) is 0 Å². The first-order chi connectivity index (χ1) is 13.0. The number of benzene rings is 2. The molecule has 0 radical (unpaired) electrons. The second-order valence-corrected chi connectivity index (χ2v) is 6.86. The monoisotopic (exact) mass is 363 g/mol. The van der Waals surface area contributed by atoms with Gasteiger partial charge in [-0.3, -0.25) is 9.36 Å². The number of nitrogens with two attached hydrogens (primary N) is 1. The van der Waals surface area contributed by atoms with Crippen molar-refractivity contribution in [3.05, 3.63) is 81.8 Å². The fourth-order valence-electron chi connectivity index (χ4n) is 3.15. The van der Waals surface area contributed by atoms with Gasteiger partial charge in [-0.15, -0.1) is 0 Å². The van der Waals surface area contributed by atoms with E-state index in [-0.39, 0.29) is 17.4 Å². The Morgan fingerprint density at radius 2 is 1.85 bits per heavy atom. The molecule has 1 aromatic heterocycles. The summed E-state index contributed by atoms with van der Waals surface area (Å²) in [6, 6.07) is 18.4. The van der Waals surface area contributed by atoms with E-state index in [1.165, 1.54) is 21.3 Å². The summed E-state index contributed by atoms with van der Waals surface area (Å²) in [7, 11) is 3.33. The van der Waals surface area contributed by atoms with Gasteiger partial charge in [-0.05, 0) is 40.7 Å². The molecular formula is C22H25N3O2. The molecule has 3 rings (SSSR count). The van der Waals surface area contributed by atoms with Crippen molar-refractivity contribution < 1.29 is 4.74 Å².